The predicted octanol–water partition coefficient (Wildman–Crippen LogP) is 5.07. The van der Waals surface area contributed by atoms with Gasteiger partial charge in [-0.3, -0.25) is 0 Å². The summed E-state index contributed by atoms with van der Waals surface area (Å²) in [7, 11) is 0. The molecule has 1 N–H and O–H groups in total. The van der Waals surface area contributed by atoms with Crippen molar-refractivity contribution in [1.82, 2.24) is 0 Å². The number of thiophene rings is 1. The predicted molar refractivity (Wildman–Crippen MR) is 96.1 cm³/mol. The average molecular weight is 311 g/mol. The number of rotatable bonds is 6. The molecule has 0 amide bonds. The second-order valence-corrected chi connectivity index (χ2v) is 6.53. The van der Waals surface area contributed by atoms with Crippen LogP contribution in [0, 0.1) is 0 Å². The van der Waals surface area contributed by atoms with Crippen LogP contribution in [0.25, 0.3) is 10.8 Å². The summed E-state index contributed by atoms with van der Waals surface area (Å²) in [6.45, 7) is 4.29. The zero-order chi connectivity index (χ0) is 15.4. The molecule has 2 nitrogen and oxygen atoms in total. The lowest BCUT2D eigenvalue weighted by Gasteiger charge is -2.24. The lowest BCUT2D eigenvalue weighted by molar-refractivity contribution is 0.481. The fraction of sp³-hybridized carbons (Fsp3) is 0.263. The van der Waals surface area contributed by atoms with Crippen molar-refractivity contribution in [2.75, 3.05) is 18.0 Å². The van der Waals surface area contributed by atoms with Gasteiger partial charge < -0.3 is 10.0 Å². The third-order valence-electron chi connectivity index (χ3n) is 3.91. The Labute approximate surface area is 135 Å². The largest absolute Gasteiger partial charge is 0.507 e. The fourth-order valence-electron chi connectivity index (χ4n) is 2.79. The SMILES string of the molecule is CCCN(CCc1cccs1)c1ccc2c(O)cccc2c1. The highest BCUT2D eigenvalue weighted by Gasteiger charge is 2.08. The molecule has 0 aliphatic rings. The van der Waals surface area contributed by atoms with Crippen molar-refractivity contribution in [2.45, 2.75) is 19.8 Å². The standard InChI is InChI=1S/C19H21NOS/c1-2-11-20(12-10-17-6-4-13-22-17)16-8-9-18-15(14-16)5-3-7-19(18)21/h3-9,13-14,21H,2,10-12H2,1H3. The number of fused-ring (bicyclic) bond motifs is 1. The van der Waals surface area contributed by atoms with E-state index in [9.17, 15) is 5.11 Å². The quantitative estimate of drug-likeness (QED) is 0.687. The monoisotopic (exact) mass is 311 g/mol. The molecule has 1 aromatic heterocycles. The van der Waals surface area contributed by atoms with Crippen molar-refractivity contribution < 1.29 is 5.11 Å². The third kappa shape index (κ3) is 3.25. The van der Waals surface area contributed by atoms with E-state index in [0.29, 0.717) is 5.75 Å². The van der Waals surface area contributed by atoms with Crippen molar-refractivity contribution in [3.63, 3.8) is 0 Å². The Balaban J connectivity index is 1.84. The van der Waals surface area contributed by atoms with Gasteiger partial charge in [-0.15, -0.1) is 11.3 Å². The first-order valence-corrected chi connectivity index (χ1v) is 8.65. The minimum Gasteiger partial charge on any atom is -0.507 e. The van der Waals surface area contributed by atoms with Gasteiger partial charge in [0.05, 0.1) is 0 Å². The second kappa shape index (κ2) is 6.84. The van der Waals surface area contributed by atoms with Crippen molar-refractivity contribution in [3.8, 4) is 5.75 Å². The normalized spacial score (nSPS) is 11.0. The summed E-state index contributed by atoms with van der Waals surface area (Å²) in [5, 5.41) is 14.1. The number of hydrogen-bond acceptors (Lipinski definition) is 3. The summed E-state index contributed by atoms with van der Waals surface area (Å²) in [5.41, 5.74) is 1.23. The molecule has 0 saturated carbocycles. The van der Waals surface area contributed by atoms with Crippen molar-refractivity contribution in [2.24, 2.45) is 0 Å². The molecule has 0 fully saturated rings. The molecule has 1 heterocycles. The zero-order valence-corrected chi connectivity index (χ0v) is 13.6. The minimum atomic E-state index is 0.352. The summed E-state index contributed by atoms with van der Waals surface area (Å²) in [6, 6.07) is 16.3. The highest BCUT2D eigenvalue weighted by molar-refractivity contribution is 7.09. The molecule has 114 valence electrons. The van der Waals surface area contributed by atoms with Gasteiger partial charge in [-0.05, 0) is 53.9 Å². The van der Waals surface area contributed by atoms with E-state index in [2.05, 4.69) is 47.5 Å². The Hall–Kier alpha value is -2.00. The van der Waals surface area contributed by atoms with Crippen LogP contribution >= 0.6 is 11.3 Å². The van der Waals surface area contributed by atoms with Crippen LogP contribution in [0.2, 0.25) is 0 Å². The fourth-order valence-corrected chi connectivity index (χ4v) is 3.49. The van der Waals surface area contributed by atoms with Gasteiger partial charge >= 0.3 is 0 Å². The molecule has 22 heavy (non-hydrogen) atoms. The van der Waals surface area contributed by atoms with Crippen molar-refractivity contribution in [3.05, 3.63) is 58.8 Å². The number of hydrogen-bond donors (Lipinski definition) is 1. The molecule has 0 atom stereocenters. The van der Waals surface area contributed by atoms with Gasteiger partial charge in [-0.25, -0.2) is 0 Å². The van der Waals surface area contributed by atoms with Crippen LogP contribution in [0.5, 0.6) is 5.75 Å². The van der Waals surface area contributed by atoms with E-state index in [-0.39, 0.29) is 0 Å². The van der Waals surface area contributed by atoms with E-state index in [1.54, 1.807) is 6.07 Å². The lowest BCUT2D eigenvalue weighted by atomic mass is 10.1. The topological polar surface area (TPSA) is 23.5 Å². The molecule has 0 bridgehead atoms. The molecule has 0 spiro atoms. The summed E-state index contributed by atoms with van der Waals surface area (Å²) < 4.78 is 0. The van der Waals surface area contributed by atoms with Gasteiger partial charge in [0, 0.05) is 29.0 Å². The Morgan fingerprint density at radius 3 is 2.73 bits per heavy atom. The molecule has 0 saturated heterocycles. The summed E-state index contributed by atoms with van der Waals surface area (Å²) in [5.74, 6) is 0.352. The Bertz CT molecular complexity index is 736. The number of phenolic OH excluding ortho intramolecular Hbond substituents is 1. The lowest BCUT2D eigenvalue weighted by Crippen LogP contribution is -2.26. The number of nitrogens with zero attached hydrogens (tertiary/aromatic N) is 1. The maximum absolute atomic E-state index is 9.92. The van der Waals surface area contributed by atoms with Crippen LogP contribution in [0.3, 0.4) is 0 Å². The van der Waals surface area contributed by atoms with Crippen LogP contribution < -0.4 is 4.90 Å². The van der Waals surface area contributed by atoms with Gasteiger partial charge in [0.1, 0.15) is 5.75 Å². The first-order valence-electron chi connectivity index (χ1n) is 7.77. The second-order valence-electron chi connectivity index (χ2n) is 5.50. The molecule has 0 aliphatic heterocycles. The summed E-state index contributed by atoms with van der Waals surface area (Å²) in [6.07, 6.45) is 2.21. The minimum absolute atomic E-state index is 0.352. The highest BCUT2D eigenvalue weighted by atomic mass is 32.1. The molecule has 3 aromatic rings. The van der Waals surface area contributed by atoms with E-state index in [1.165, 1.54) is 10.6 Å². The van der Waals surface area contributed by atoms with Crippen LogP contribution in [-0.2, 0) is 6.42 Å². The third-order valence-corrected chi connectivity index (χ3v) is 4.84. The molecule has 0 aliphatic carbocycles. The van der Waals surface area contributed by atoms with Crippen LogP contribution in [-0.4, -0.2) is 18.2 Å². The average Bonchev–Trinajstić information content (AvgIpc) is 3.05. The van der Waals surface area contributed by atoms with Gasteiger partial charge in [0.15, 0.2) is 0 Å². The smallest absolute Gasteiger partial charge is 0.123 e. The van der Waals surface area contributed by atoms with Gasteiger partial charge in [-0.1, -0.05) is 25.1 Å². The van der Waals surface area contributed by atoms with Crippen molar-refractivity contribution in [1.29, 1.82) is 0 Å². The van der Waals surface area contributed by atoms with E-state index in [4.69, 9.17) is 0 Å². The highest BCUT2D eigenvalue weighted by Crippen LogP contribution is 2.28. The van der Waals surface area contributed by atoms with Gasteiger partial charge in [0.25, 0.3) is 0 Å². The van der Waals surface area contributed by atoms with Crippen LogP contribution in [0.4, 0.5) is 5.69 Å². The summed E-state index contributed by atoms with van der Waals surface area (Å²) >= 11 is 1.82. The molecule has 2 aromatic carbocycles. The van der Waals surface area contributed by atoms with Crippen LogP contribution in [0.1, 0.15) is 18.2 Å². The van der Waals surface area contributed by atoms with Gasteiger partial charge in [-0.2, -0.15) is 0 Å². The first-order chi connectivity index (χ1) is 10.8. The molecular weight excluding hydrogens is 290 g/mol. The Kier molecular flexibility index (Phi) is 4.64. The Morgan fingerprint density at radius 2 is 1.95 bits per heavy atom. The summed E-state index contributed by atoms with van der Waals surface area (Å²) in [4.78, 5) is 3.86. The number of benzene rings is 2. The first kappa shape index (κ1) is 14.9. The molecular formula is C19H21NOS. The van der Waals surface area contributed by atoms with E-state index in [1.807, 2.05) is 23.5 Å². The number of aromatic hydroxyl groups is 1. The number of anilines is 1. The molecule has 0 unspecified atom stereocenters. The van der Waals surface area contributed by atoms with Crippen LogP contribution in [0.15, 0.2) is 53.9 Å². The van der Waals surface area contributed by atoms with Crippen molar-refractivity contribution >= 4 is 27.8 Å². The maximum Gasteiger partial charge on any atom is 0.123 e. The maximum atomic E-state index is 9.92. The van der Waals surface area contributed by atoms with E-state index in [0.717, 1.165) is 36.7 Å². The zero-order valence-electron chi connectivity index (χ0n) is 12.8. The molecule has 3 rings (SSSR count). The Morgan fingerprint density at radius 1 is 1.05 bits per heavy atom. The molecule has 3 heteroatoms. The van der Waals surface area contributed by atoms with Gasteiger partial charge in [0.2, 0.25) is 0 Å². The number of phenols is 1. The molecule has 0 radical (unpaired) electrons. The van der Waals surface area contributed by atoms with E-state index >= 15 is 0 Å². The van der Waals surface area contributed by atoms with E-state index < -0.39 is 0 Å².